The summed E-state index contributed by atoms with van der Waals surface area (Å²) < 4.78 is 1.10. The van der Waals surface area contributed by atoms with E-state index in [9.17, 15) is 30.1 Å². The fourth-order valence-electron chi connectivity index (χ4n) is 2.88. The van der Waals surface area contributed by atoms with E-state index in [1.807, 2.05) is 0 Å². The van der Waals surface area contributed by atoms with Crippen LogP contribution in [0, 0.1) is 20.2 Å². The number of nitro groups is 2. The maximum absolute atomic E-state index is 12.1. The highest BCUT2D eigenvalue weighted by Gasteiger charge is 2.18. The fourth-order valence-corrected chi connectivity index (χ4v) is 5.02. The summed E-state index contributed by atoms with van der Waals surface area (Å²) in [6, 6.07) is 14.7. The molecule has 11 nitrogen and oxygen atoms in total. The monoisotopic (exact) mass is 495 g/mol. The second kappa shape index (κ2) is 9.64. The number of fused-ring (bicyclic) bond motifs is 1. The summed E-state index contributed by atoms with van der Waals surface area (Å²) >= 11 is 2.27. The molecule has 34 heavy (non-hydrogen) atoms. The molecule has 0 bridgehead atoms. The van der Waals surface area contributed by atoms with Gasteiger partial charge in [-0.2, -0.15) is 5.10 Å². The van der Waals surface area contributed by atoms with Crippen LogP contribution < -0.4 is 5.43 Å². The molecule has 1 amide bonds. The highest BCUT2D eigenvalue weighted by molar-refractivity contribution is 8.01. The number of nitrogens with one attached hydrogen (secondary N) is 1. The summed E-state index contributed by atoms with van der Waals surface area (Å²) in [5.41, 5.74) is 2.98. The van der Waals surface area contributed by atoms with Crippen molar-refractivity contribution in [3.63, 3.8) is 0 Å². The second-order valence-corrected chi connectivity index (χ2v) is 9.01. The summed E-state index contributed by atoms with van der Waals surface area (Å²) in [4.78, 5) is 38.3. The van der Waals surface area contributed by atoms with Gasteiger partial charge >= 0.3 is 0 Å². The zero-order chi connectivity index (χ0) is 24.2. The molecule has 1 heterocycles. The van der Waals surface area contributed by atoms with Gasteiger partial charge in [0.25, 0.3) is 17.3 Å². The number of nitro benzene ring substituents is 2. The van der Waals surface area contributed by atoms with Gasteiger partial charge in [-0.25, -0.2) is 10.4 Å². The van der Waals surface area contributed by atoms with Crippen LogP contribution in [-0.4, -0.2) is 32.1 Å². The molecule has 13 heteroatoms. The van der Waals surface area contributed by atoms with Gasteiger partial charge in [0.1, 0.15) is 5.75 Å². The first-order valence-corrected chi connectivity index (χ1v) is 11.1. The normalized spacial score (nSPS) is 11.1. The van der Waals surface area contributed by atoms with Gasteiger partial charge in [0.05, 0.1) is 36.7 Å². The van der Waals surface area contributed by atoms with Gasteiger partial charge in [-0.05, 0) is 24.3 Å². The number of amides is 1. The lowest BCUT2D eigenvalue weighted by atomic mass is 10.2. The van der Waals surface area contributed by atoms with E-state index in [0.29, 0.717) is 25.0 Å². The number of non-ortho nitro benzene ring substituents is 1. The van der Waals surface area contributed by atoms with Crippen molar-refractivity contribution >= 4 is 56.8 Å². The molecule has 0 aliphatic heterocycles. The number of thiazole rings is 1. The number of hydrogen-bond acceptors (Lipinski definition) is 10. The molecule has 0 fully saturated rings. The highest BCUT2D eigenvalue weighted by atomic mass is 32.2. The Balaban J connectivity index is 1.52. The SMILES string of the molecule is O=C(N/N=C\c1ccc(Sc2nc3ccc([N+](=O)[O-])cc3s2)c([N+](=O)[O-])c1)c1ccccc1O. The summed E-state index contributed by atoms with van der Waals surface area (Å²) in [7, 11) is 0. The van der Waals surface area contributed by atoms with Crippen LogP contribution in [0.2, 0.25) is 0 Å². The van der Waals surface area contributed by atoms with Gasteiger partial charge in [-0.15, -0.1) is 11.3 Å². The van der Waals surface area contributed by atoms with E-state index in [1.54, 1.807) is 18.2 Å². The number of rotatable bonds is 7. The third-order valence-corrected chi connectivity index (χ3v) is 6.61. The second-order valence-electron chi connectivity index (χ2n) is 6.69. The summed E-state index contributed by atoms with van der Waals surface area (Å²) in [5.74, 6) is -0.830. The largest absolute Gasteiger partial charge is 0.507 e. The quantitative estimate of drug-likeness (QED) is 0.211. The van der Waals surface area contributed by atoms with Gasteiger partial charge in [0.2, 0.25) is 0 Å². The third-order valence-electron chi connectivity index (χ3n) is 4.47. The Hall–Kier alpha value is -4.36. The number of nitrogens with zero attached hydrogens (tertiary/aromatic N) is 4. The molecule has 170 valence electrons. The number of phenolic OH excluding ortho intramolecular Hbond substituents is 1. The van der Waals surface area contributed by atoms with Crippen molar-refractivity contribution in [2.24, 2.45) is 5.10 Å². The van der Waals surface area contributed by atoms with Gasteiger partial charge in [-0.3, -0.25) is 25.0 Å². The highest BCUT2D eigenvalue weighted by Crippen LogP contribution is 2.39. The summed E-state index contributed by atoms with van der Waals surface area (Å²) in [6.07, 6.45) is 1.25. The number of aromatic hydroxyl groups is 1. The number of hydrogen-bond donors (Lipinski definition) is 2. The molecule has 0 unspecified atom stereocenters. The van der Waals surface area contributed by atoms with Crippen LogP contribution >= 0.6 is 23.1 Å². The van der Waals surface area contributed by atoms with Gasteiger partial charge < -0.3 is 5.11 Å². The van der Waals surface area contributed by atoms with Crippen molar-refractivity contribution in [2.45, 2.75) is 9.24 Å². The topological polar surface area (TPSA) is 161 Å². The van der Waals surface area contributed by atoms with E-state index < -0.39 is 15.8 Å². The number of carbonyl (C=O) groups excluding carboxylic acids is 1. The van der Waals surface area contributed by atoms with Gasteiger partial charge in [-0.1, -0.05) is 30.0 Å². The lowest BCUT2D eigenvalue weighted by molar-refractivity contribution is -0.387. The van der Waals surface area contributed by atoms with E-state index in [1.165, 1.54) is 60.0 Å². The molecule has 0 saturated heterocycles. The molecule has 0 aliphatic rings. The van der Waals surface area contributed by atoms with Crippen LogP contribution in [0.5, 0.6) is 5.75 Å². The number of phenols is 1. The fraction of sp³-hybridized carbons (Fsp3) is 0. The Morgan fingerprint density at radius 2 is 1.88 bits per heavy atom. The maximum Gasteiger partial charge on any atom is 0.283 e. The average Bonchev–Trinajstić information content (AvgIpc) is 3.21. The summed E-state index contributed by atoms with van der Waals surface area (Å²) in [5, 5.41) is 36.1. The van der Waals surface area contributed by atoms with Crippen LogP contribution in [0.3, 0.4) is 0 Å². The predicted molar refractivity (Wildman–Crippen MR) is 127 cm³/mol. The first-order valence-electron chi connectivity index (χ1n) is 9.44. The lowest BCUT2D eigenvalue weighted by Gasteiger charge is -2.03. The number of benzene rings is 3. The van der Waals surface area contributed by atoms with Gasteiger partial charge in [0, 0.05) is 23.8 Å². The van der Waals surface area contributed by atoms with Crippen molar-refractivity contribution in [1.29, 1.82) is 0 Å². The number of carbonyl (C=O) groups is 1. The minimum atomic E-state index is -0.632. The Morgan fingerprint density at radius 1 is 1.09 bits per heavy atom. The molecular weight excluding hydrogens is 482 g/mol. The Kier molecular flexibility index (Phi) is 6.47. The molecular formula is C21H13N5O6S2. The predicted octanol–water partition coefficient (Wildman–Crippen LogP) is 4.73. The Morgan fingerprint density at radius 3 is 2.62 bits per heavy atom. The van der Waals surface area contributed by atoms with E-state index in [0.717, 1.165) is 11.8 Å². The average molecular weight is 495 g/mol. The van der Waals surface area contributed by atoms with Crippen LogP contribution in [-0.2, 0) is 0 Å². The number of aromatic nitrogens is 1. The van der Waals surface area contributed by atoms with E-state index >= 15 is 0 Å². The molecule has 0 radical (unpaired) electrons. The zero-order valence-electron chi connectivity index (χ0n) is 16.9. The van der Waals surface area contributed by atoms with E-state index in [4.69, 9.17) is 0 Å². The summed E-state index contributed by atoms with van der Waals surface area (Å²) in [6.45, 7) is 0. The minimum absolute atomic E-state index is 0.0403. The van der Waals surface area contributed by atoms with E-state index in [2.05, 4.69) is 15.5 Å². The standard InChI is InChI=1S/C21H13N5O6S2/c27-17-4-2-1-3-14(17)20(28)24-22-11-12-5-8-18(16(9-12)26(31)32)33-21-23-15-7-6-13(25(29)30)10-19(15)34-21/h1-11,27H,(H,24,28)/b22-11-. The van der Waals surface area contributed by atoms with Gasteiger partial charge in [0.15, 0.2) is 4.34 Å². The van der Waals surface area contributed by atoms with E-state index in [-0.39, 0.29) is 22.7 Å². The van der Waals surface area contributed by atoms with Crippen molar-refractivity contribution in [1.82, 2.24) is 10.4 Å². The maximum atomic E-state index is 12.1. The Labute approximate surface area is 199 Å². The van der Waals surface area contributed by atoms with Crippen LogP contribution in [0.1, 0.15) is 15.9 Å². The molecule has 0 atom stereocenters. The molecule has 1 aromatic heterocycles. The number of para-hydroxylation sites is 1. The molecule has 3 aromatic carbocycles. The first-order chi connectivity index (χ1) is 16.3. The Bertz CT molecular complexity index is 1470. The molecule has 0 saturated carbocycles. The van der Waals surface area contributed by atoms with Crippen molar-refractivity contribution in [3.05, 3.63) is 92.0 Å². The number of hydrazone groups is 1. The molecule has 0 spiro atoms. The minimum Gasteiger partial charge on any atom is -0.507 e. The smallest absolute Gasteiger partial charge is 0.283 e. The zero-order valence-corrected chi connectivity index (χ0v) is 18.6. The van der Waals surface area contributed by atoms with Crippen LogP contribution in [0.4, 0.5) is 11.4 Å². The first kappa shape index (κ1) is 22.8. The lowest BCUT2D eigenvalue weighted by Crippen LogP contribution is -2.17. The third kappa shape index (κ3) is 5.00. The van der Waals surface area contributed by atoms with Crippen molar-refractivity contribution < 1.29 is 19.7 Å². The molecule has 2 N–H and O–H groups in total. The van der Waals surface area contributed by atoms with Crippen LogP contribution in [0.25, 0.3) is 10.2 Å². The van der Waals surface area contributed by atoms with Crippen LogP contribution in [0.15, 0.2) is 75.0 Å². The van der Waals surface area contributed by atoms with Crippen molar-refractivity contribution in [3.8, 4) is 5.75 Å². The molecule has 0 aliphatic carbocycles. The van der Waals surface area contributed by atoms with Crippen molar-refractivity contribution in [2.75, 3.05) is 0 Å². The molecule has 4 aromatic rings. The molecule has 4 rings (SSSR count).